The summed E-state index contributed by atoms with van der Waals surface area (Å²) >= 11 is 0. The summed E-state index contributed by atoms with van der Waals surface area (Å²) in [6.07, 6.45) is 4.45. The number of benzene rings is 1. The monoisotopic (exact) mass is 286 g/mol. The zero-order chi connectivity index (χ0) is 14.7. The van der Waals surface area contributed by atoms with Gasteiger partial charge in [-0.25, -0.2) is 9.89 Å². The summed E-state index contributed by atoms with van der Waals surface area (Å²) in [7, 11) is 0. The molecular weight excluding hydrogens is 268 g/mol. The third-order valence-corrected chi connectivity index (χ3v) is 3.88. The molecule has 110 valence electrons. The second-order valence-corrected chi connectivity index (χ2v) is 5.35. The Labute approximate surface area is 121 Å². The summed E-state index contributed by atoms with van der Waals surface area (Å²) in [6.45, 7) is 0.288. The van der Waals surface area contributed by atoms with E-state index in [4.69, 9.17) is 0 Å². The van der Waals surface area contributed by atoms with Crippen LogP contribution in [0.15, 0.2) is 29.1 Å². The van der Waals surface area contributed by atoms with Crippen LogP contribution >= 0.6 is 0 Å². The number of aromatic amines is 1. The minimum Gasteiger partial charge on any atom is -0.335 e. The number of H-pyrrole nitrogens is 1. The fourth-order valence-electron chi connectivity index (χ4n) is 2.78. The molecule has 1 fully saturated rings. The van der Waals surface area contributed by atoms with E-state index in [1.807, 2.05) is 18.2 Å². The molecule has 0 bridgehead atoms. The molecule has 1 saturated carbocycles. The van der Waals surface area contributed by atoms with Crippen molar-refractivity contribution in [1.82, 2.24) is 20.8 Å². The van der Waals surface area contributed by atoms with Crippen LogP contribution in [0.5, 0.6) is 0 Å². The van der Waals surface area contributed by atoms with Crippen LogP contribution in [-0.2, 0) is 6.54 Å². The van der Waals surface area contributed by atoms with Crippen molar-refractivity contribution in [1.29, 1.82) is 0 Å². The number of hydrogen-bond donors (Lipinski definition) is 3. The highest BCUT2D eigenvalue weighted by Gasteiger charge is 2.17. The maximum Gasteiger partial charge on any atom is 0.315 e. The molecule has 0 spiro atoms. The first kappa shape index (κ1) is 13.6. The molecule has 0 aliphatic heterocycles. The Bertz CT molecular complexity index is 704. The van der Waals surface area contributed by atoms with Gasteiger partial charge in [-0.15, -0.1) is 0 Å². The van der Waals surface area contributed by atoms with Gasteiger partial charge < -0.3 is 10.6 Å². The van der Waals surface area contributed by atoms with E-state index in [1.165, 1.54) is 12.8 Å². The molecule has 3 rings (SSSR count). The lowest BCUT2D eigenvalue weighted by Crippen LogP contribution is -2.40. The SMILES string of the molecule is O=C(NCc1n[nH]c(=O)c2ccccc12)NC1CCCC1. The second kappa shape index (κ2) is 5.95. The first-order valence-electron chi connectivity index (χ1n) is 7.25. The molecular formula is C15H18N4O2. The van der Waals surface area contributed by atoms with Gasteiger partial charge in [-0.1, -0.05) is 31.0 Å². The largest absolute Gasteiger partial charge is 0.335 e. The normalized spacial score (nSPS) is 15.2. The van der Waals surface area contributed by atoms with E-state index >= 15 is 0 Å². The van der Waals surface area contributed by atoms with Crippen molar-refractivity contribution in [3.8, 4) is 0 Å². The van der Waals surface area contributed by atoms with Crippen molar-refractivity contribution in [2.75, 3.05) is 0 Å². The molecule has 2 aromatic rings. The topological polar surface area (TPSA) is 86.9 Å². The van der Waals surface area contributed by atoms with Gasteiger partial charge in [0.15, 0.2) is 0 Å². The van der Waals surface area contributed by atoms with E-state index < -0.39 is 0 Å². The maximum atomic E-state index is 11.9. The Kier molecular flexibility index (Phi) is 3.85. The Balaban J connectivity index is 1.69. The molecule has 6 nitrogen and oxygen atoms in total. The summed E-state index contributed by atoms with van der Waals surface area (Å²) in [5, 5.41) is 13.6. The quantitative estimate of drug-likeness (QED) is 0.802. The minimum absolute atomic E-state index is 0.181. The Morgan fingerprint density at radius 2 is 1.95 bits per heavy atom. The highest BCUT2D eigenvalue weighted by atomic mass is 16.2. The molecule has 0 atom stereocenters. The zero-order valence-corrected chi connectivity index (χ0v) is 11.7. The van der Waals surface area contributed by atoms with Crippen molar-refractivity contribution < 1.29 is 4.79 Å². The van der Waals surface area contributed by atoms with Gasteiger partial charge in [0.2, 0.25) is 0 Å². The Morgan fingerprint density at radius 3 is 2.71 bits per heavy atom. The van der Waals surface area contributed by atoms with Gasteiger partial charge in [-0.3, -0.25) is 4.79 Å². The average molecular weight is 286 g/mol. The van der Waals surface area contributed by atoms with E-state index in [1.54, 1.807) is 6.07 Å². The molecule has 0 saturated heterocycles. The van der Waals surface area contributed by atoms with Gasteiger partial charge >= 0.3 is 6.03 Å². The van der Waals surface area contributed by atoms with Crippen LogP contribution in [0.4, 0.5) is 4.79 Å². The zero-order valence-electron chi connectivity index (χ0n) is 11.7. The van der Waals surface area contributed by atoms with E-state index in [0.29, 0.717) is 11.1 Å². The lowest BCUT2D eigenvalue weighted by molar-refractivity contribution is 0.236. The molecule has 2 amide bonds. The van der Waals surface area contributed by atoms with Gasteiger partial charge in [0, 0.05) is 11.4 Å². The van der Waals surface area contributed by atoms with Gasteiger partial charge in [0.05, 0.1) is 17.6 Å². The number of hydrogen-bond acceptors (Lipinski definition) is 3. The number of rotatable bonds is 3. The van der Waals surface area contributed by atoms with Crippen molar-refractivity contribution in [3.05, 3.63) is 40.3 Å². The lowest BCUT2D eigenvalue weighted by atomic mass is 10.1. The number of urea groups is 1. The first-order chi connectivity index (χ1) is 10.2. The van der Waals surface area contributed by atoms with E-state index in [2.05, 4.69) is 20.8 Å². The number of amides is 2. The van der Waals surface area contributed by atoms with Gasteiger partial charge in [0.1, 0.15) is 0 Å². The van der Waals surface area contributed by atoms with Crippen molar-refractivity contribution >= 4 is 16.8 Å². The Morgan fingerprint density at radius 1 is 1.24 bits per heavy atom. The first-order valence-corrected chi connectivity index (χ1v) is 7.25. The Hall–Kier alpha value is -2.37. The lowest BCUT2D eigenvalue weighted by Gasteiger charge is -2.13. The average Bonchev–Trinajstić information content (AvgIpc) is 3.00. The molecule has 0 unspecified atom stereocenters. The van der Waals surface area contributed by atoms with Crippen LogP contribution in [-0.4, -0.2) is 22.3 Å². The van der Waals surface area contributed by atoms with Crippen molar-refractivity contribution in [3.63, 3.8) is 0 Å². The molecule has 21 heavy (non-hydrogen) atoms. The standard InChI is InChI=1S/C15H18N4O2/c20-14-12-8-4-3-7-11(12)13(18-19-14)9-16-15(21)17-10-5-1-2-6-10/h3-4,7-8,10H,1-2,5-6,9H2,(H,19,20)(H2,16,17,21). The molecule has 1 aliphatic rings. The number of carbonyl (C=O) groups excluding carboxylic acids is 1. The number of nitrogens with zero attached hydrogens (tertiary/aromatic N) is 1. The maximum absolute atomic E-state index is 11.9. The number of nitrogens with one attached hydrogen (secondary N) is 3. The van der Waals surface area contributed by atoms with Crippen LogP contribution in [0.1, 0.15) is 31.4 Å². The predicted molar refractivity (Wildman–Crippen MR) is 80.0 cm³/mol. The summed E-state index contributed by atoms with van der Waals surface area (Å²) in [4.78, 5) is 23.5. The van der Waals surface area contributed by atoms with Gasteiger partial charge in [-0.05, 0) is 18.9 Å². The van der Waals surface area contributed by atoms with Crippen molar-refractivity contribution in [2.45, 2.75) is 38.3 Å². The number of fused-ring (bicyclic) bond motifs is 1. The molecule has 1 aliphatic carbocycles. The molecule has 0 radical (unpaired) electrons. The highest BCUT2D eigenvalue weighted by molar-refractivity contribution is 5.83. The van der Waals surface area contributed by atoms with Crippen molar-refractivity contribution in [2.24, 2.45) is 0 Å². The fraction of sp³-hybridized carbons (Fsp3) is 0.400. The van der Waals surface area contributed by atoms with E-state index in [9.17, 15) is 9.59 Å². The molecule has 1 aromatic heterocycles. The van der Waals surface area contributed by atoms with Crippen LogP contribution < -0.4 is 16.2 Å². The highest BCUT2D eigenvalue weighted by Crippen LogP contribution is 2.17. The minimum atomic E-state index is -0.218. The second-order valence-electron chi connectivity index (χ2n) is 5.35. The number of carbonyl (C=O) groups is 1. The summed E-state index contributed by atoms with van der Waals surface area (Å²) in [6, 6.07) is 7.35. The van der Waals surface area contributed by atoms with Gasteiger partial charge in [0.25, 0.3) is 5.56 Å². The van der Waals surface area contributed by atoms with Gasteiger partial charge in [-0.2, -0.15) is 5.10 Å². The van der Waals surface area contributed by atoms with Crippen LogP contribution in [0.3, 0.4) is 0 Å². The molecule has 6 heteroatoms. The fourth-order valence-corrected chi connectivity index (χ4v) is 2.78. The predicted octanol–water partition coefficient (Wildman–Crippen LogP) is 1.66. The summed E-state index contributed by atoms with van der Waals surface area (Å²) < 4.78 is 0. The summed E-state index contributed by atoms with van der Waals surface area (Å²) in [5.41, 5.74) is 0.441. The van der Waals surface area contributed by atoms with Crippen LogP contribution in [0.25, 0.3) is 10.8 Å². The van der Waals surface area contributed by atoms with Crippen LogP contribution in [0, 0.1) is 0 Å². The number of aromatic nitrogens is 2. The smallest absolute Gasteiger partial charge is 0.315 e. The summed E-state index contributed by atoms with van der Waals surface area (Å²) in [5.74, 6) is 0. The van der Waals surface area contributed by atoms with E-state index in [-0.39, 0.29) is 24.2 Å². The van der Waals surface area contributed by atoms with Crippen LogP contribution in [0.2, 0.25) is 0 Å². The third-order valence-electron chi connectivity index (χ3n) is 3.88. The van der Waals surface area contributed by atoms with E-state index in [0.717, 1.165) is 18.2 Å². The molecule has 3 N–H and O–H groups in total. The molecule has 1 heterocycles. The third kappa shape index (κ3) is 3.04. The molecule has 1 aromatic carbocycles.